The monoisotopic (exact) mass is 697 g/mol. The summed E-state index contributed by atoms with van der Waals surface area (Å²) in [7, 11) is -4.28. The SMILES string of the molecule is CCOC(=O)[C@H](CC(C)C)NP(=O)(N[C@@H](CC(C)C)C(=O)OCC)OC[C@H]1O[C@@H](n2cnc3c(NC4CC4)nc(C)nc32)[C@@](C)(O)C1O. The van der Waals surface area contributed by atoms with Crippen LogP contribution in [0.4, 0.5) is 5.82 Å². The van der Waals surface area contributed by atoms with Crippen molar-refractivity contribution in [3.05, 3.63) is 12.2 Å². The molecule has 3 heterocycles. The lowest BCUT2D eigenvalue weighted by atomic mass is 9.96. The normalized spacial score (nSPS) is 24.3. The maximum absolute atomic E-state index is 14.6. The fraction of sp³-hybridized carbons (Fsp3) is 0.774. The number of ether oxygens (including phenoxy) is 3. The fourth-order valence-electron chi connectivity index (χ4n) is 5.63. The van der Waals surface area contributed by atoms with Gasteiger partial charge in [-0.05, 0) is 65.2 Å². The van der Waals surface area contributed by atoms with Crippen LogP contribution >= 0.6 is 7.67 Å². The van der Waals surface area contributed by atoms with E-state index in [0.29, 0.717) is 28.8 Å². The molecule has 270 valence electrons. The Morgan fingerprint density at radius 1 is 1.06 bits per heavy atom. The first kappa shape index (κ1) is 38.1. The first-order chi connectivity index (χ1) is 22.6. The molecule has 0 aromatic carbocycles. The van der Waals surface area contributed by atoms with Gasteiger partial charge in [0.2, 0.25) is 0 Å². The molecule has 17 heteroatoms. The first-order valence-electron chi connectivity index (χ1n) is 16.7. The predicted octanol–water partition coefficient (Wildman–Crippen LogP) is 2.98. The number of fused-ring (bicyclic) bond motifs is 1. The Labute approximate surface area is 281 Å². The summed E-state index contributed by atoms with van der Waals surface area (Å²) in [5, 5.41) is 31.8. The second kappa shape index (κ2) is 15.9. The second-order valence-electron chi connectivity index (χ2n) is 13.5. The van der Waals surface area contributed by atoms with Crippen LogP contribution < -0.4 is 15.5 Å². The number of rotatable bonds is 18. The van der Waals surface area contributed by atoms with E-state index >= 15 is 0 Å². The van der Waals surface area contributed by atoms with Crippen molar-refractivity contribution in [1.82, 2.24) is 29.7 Å². The maximum atomic E-state index is 14.6. The van der Waals surface area contributed by atoms with Gasteiger partial charge < -0.3 is 34.3 Å². The molecule has 1 aliphatic heterocycles. The molecule has 2 aliphatic rings. The molecule has 6 atom stereocenters. The van der Waals surface area contributed by atoms with Crippen molar-refractivity contribution in [3.8, 4) is 0 Å². The minimum atomic E-state index is -4.28. The molecule has 5 N–H and O–H groups in total. The van der Waals surface area contributed by atoms with Crippen molar-refractivity contribution in [2.45, 2.75) is 123 Å². The lowest BCUT2D eigenvalue weighted by Gasteiger charge is -2.30. The Bertz CT molecular complexity index is 1430. The first-order valence-corrected chi connectivity index (χ1v) is 18.4. The Morgan fingerprint density at radius 2 is 1.62 bits per heavy atom. The summed E-state index contributed by atoms with van der Waals surface area (Å²) in [6.45, 7) is 13.8. The maximum Gasteiger partial charge on any atom is 0.342 e. The number of anilines is 1. The second-order valence-corrected chi connectivity index (χ2v) is 15.4. The summed E-state index contributed by atoms with van der Waals surface area (Å²) >= 11 is 0. The summed E-state index contributed by atoms with van der Waals surface area (Å²) in [4.78, 5) is 39.4. The highest BCUT2D eigenvalue weighted by atomic mass is 31.2. The van der Waals surface area contributed by atoms with E-state index in [0.717, 1.165) is 12.8 Å². The van der Waals surface area contributed by atoms with Crippen LogP contribution in [-0.2, 0) is 32.9 Å². The van der Waals surface area contributed by atoms with E-state index in [1.54, 1.807) is 20.8 Å². The van der Waals surface area contributed by atoms with Gasteiger partial charge in [0, 0.05) is 6.04 Å². The Hall–Kier alpha value is -2.72. The lowest BCUT2D eigenvalue weighted by Crippen LogP contribution is -2.47. The molecule has 2 aromatic heterocycles. The largest absolute Gasteiger partial charge is 0.465 e. The average molecular weight is 698 g/mol. The molecular weight excluding hydrogens is 645 g/mol. The van der Waals surface area contributed by atoms with Gasteiger partial charge in [-0.25, -0.2) is 25.1 Å². The van der Waals surface area contributed by atoms with Crippen molar-refractivity contribution in [2.24, 2.45) is 11.8 Å². The van der Waals surface area contributed by atoms with Crippen LogP contribution in [-0.4, -0.2) is 97.4 Å². The average Bonchev–Trinajstić information content (AvgIpc) is 3.66. The van der Waals surface area contributed by atoms with Crippen molar-refractivity contribution >= 4 is 36.6 Å². The van der Waals surface area contributed by atoms with Crippen molar-refractivity contribution in [3.63, 3.8) is 0 Å². The molecule has 4 rings (SSSR count). The molecule has 0 spiro atoms. The van der Waals surface area contributed by atoms with Gasteiger partial charge in [0.05, 0.1) is 26.1 Å². The van der Waals surface area contributed by atoms with Crippen LogP contribution in [0.1, 0.15) is 86.2 Å². The van der Waals surface area contributed by atoms with E-state index in [4.69, 9.17) is 18.7 Å². The highest BCUT2D eigenvalue weighted by molar-refractivity contribution is 7.54. The molecule has 1 unspecified atom stereocenters. The summed E-state index contributed by atoms with van der Waals surface area (Å²) in [6.07, 6.45) is 0.188. The number of aromatic nitrogens is 4. The Kier molecular flexibility index (Phi) is 12.6. The number of carbonyl (C=O) groups excluding carboxylic acids is 2. The van der Waals surface area contributed by atoms with E-state index < -0.39 is 62.3 Å². The van der Waals surface area contributed by atoms with Gasteiger partial charge in [0.1, 0.15) is 35.7 Å². The van der Waals surface area contributed by atoms with Gasteiger partial charge in [-0.1, -0.05) is 27.7 Å². The molecular formula is C31H52N7O9P. The highest BCUT2D eigenvalue weighted by Gasteiger charge is 2.54. The zero-order chi connectivity index (χ0) is 35.4. The zero-order valence-electron chi connectivity index (χ0n) is 29.1. The molecule has 48 heavy (non-hydrogen) atoms. The van der Waals surface area contributed by atoms with Crippen molar-refractivity contribution < 1.29 is 43.1 Å². The van der Waals surface area contributed by atoms with Crippen LogP contribution in [0, 0.1) is 18.8 Å². The Morgan fingerprint density at radius 3 is 2.12 bits per heavy atom. The molecule has 16 nitrogen and oxygen atoms in total. The number of aliphatic hydroxyl groups excluding tert-OH is 1. The number of imidazole rings is 1. The number of esters is 2. The molecule has 1 saturated carbocycles. The van der Waals surface area contributed by atoms with Gasteiger partial charge in [-0.2, -0.15) is 0 Å². The highest BCUT2D eigenvalue weighted by Crippen LogP contribution is 2.45. The molecule has 1 saturated heterocycles. The third kappa shape index (κ3) is 9.29. The van der Waals surface area contributed by atoms with Crippen molar-refractivity contribution in [1.29, 1.82) is 0 Å². The summed E-state index contributed by atoms with van der Waals surface area (Å²) in [5.74, 6) is -0.194. The molecule has 2 fully saturated rings. The van der Waals surface area contributed by atoms with Gasteiger partial charge in [0.25, 0.3) is 0 Å². The summed E-state index contributed by atoms with van der Waals surface area (Å²) < 4.78 is 38.7. The quantitative estimate of drug-likeness (QED) is 0.112. The number of nitrogens with one attached hydrogen (secondary N) is 3. The number of hydrogen-bond acceptors (Lipinski definition) is 13. The minimum Gasteiger partial charge on any atom is -0.465 e. The Balaban J connectivity index is 1.61. The molecule has 2 aromatic rings. The predicted molar refractivity (Wildman–Crippen MR) is 177 cm³/mol. The fourth-order valence-corrected chi connectivity index (χ4v) is 7.45. The van der Waals surface area contributed by atoms with Crippen LogP contribution in [0.25, 0.3) is 11.2 Å². The van der Waals surface area contributed by atoms with Crippen LogP contribution in [0.15, 0.2) is 6.33 Å². The standard InChI is InChI=1S/C31H52N7O9P/c1-9-44-28(40)21(13-17(3)4)36-48(43,37-22(14-18(5)6)29(41)45-10-2)46-15-23-25(39)31(8,42)30(47-23)38-16-32-24-26(35-20-11-12-20)33-19(7)34-27(24)38/h16-18,20-23,25,30,39,42H,9-15H2,1-8H3,(H,33,34,35)(H2,36,37,43)/t21-,22-,23+,25?,30+,31-/m0/s1. The van der Waals surface area contributed by atoms with E-state index in [1.807, 2.05) is 27.7 Å². The minimum absolute atomic E-state index is 0.00477. The molecule has 0 bridgehead atoms. The number of aryl methyl sites for hydroxylation is 1. The third-order valence-electron chi connectivity index (χ3n) is 8.09. The van der Waals surface area contributed by atoms with E-state index in [9.17, 15) is 24.4 Å². The number of aliphatic hydroxyl groups is 2. The van der Waals surface area contributed by atoms with Gasteiger partial charge in [0.15, 0.2) is 23.2 Å². The lowest BCUT2D eigenvalue weighted by molar-refractivity contribution is -0.146. The summed E-state index contributed by atoms with van der Waals surface area (Å²) in [5.41, 5.74) is -0.967. The molecule has 1 aliphatic carbocycles. The zero-order valence-corrected chi connectivity index (χ0v) is 30.0. The molecule has 0 amide bonds. The topological polar surface area (TPSA) is 208 Å². The summed E-state index contributed by atoms with van der Waals surface area (Å²) in [6, 6.07) is -1.78. The van der Waals surface area contributed by atoms with E-state index in [2.05, 4.69) is 30.4 Å². The van der Waals surface area contributed by atoms with Gasteiger partial charge in [-0.3, -0.25) is 18.7 Å². The van der Waals surface area contributed by atoms with Crippen molar-refractivity contribution in [2.75, 3.05) is 25.1 Å². The smallest absolute Gasteiger partial charge is 0.342 e. The van der Waals surface area contributed by atoms with E-state index in [-0.39, 0.29) is 37.9 Å². The van der Waals surface area contributed by atoms with Gasteiger partial charge in [-0.15, -0.1) is 0 Å². The number of carbonyl (C=O) groups is 2. The van der Waals surface area contributed by atoms with E-state index in [1.165, 1.54) is 17.8 Å². The number of nitrogens with zero attached hydrogens (tertiary/aromatic N) is 4. The third-order valence-corrected chi connectivity index (χ3v) is 9.90. The van der Waals surface area contributed by atoms with Crippen LogP contribution in [0.5, 0.6) is 0 Å². The number of hydrogen-bond donors (Lipinski definition) is 5. The molecule has 0 radical (unpaired) electrons. The van der Waals surface area contributed by atoms with Crippen LogP contribution in [0.3, 0.4) is 0 Å². The van der Waals surface area contributed by atoms with Gasteiger partial charge >= 0.3 is 19.6 Å². The van der Waals surface area contributed by atoms with Crippen LogP contribution in [0.2, 0.25) is 0 Å².